The predicted molar refractivity (Wildman–Crippen MR) is 87.2 cm³/mol. The topological polar surface area (TPSA) is 80.0 Å². The molecule has 0 radical (unpaired) electrons. The third-order valence-corrected chi connectivity index (χ3v) is 3.62. The zero-order valence-electron chi connectivity index (χ0n) is 12.8. The maximum absolute atomic E-state index is 10.6. The first kappa shape index (κ1) is 16.3. The van der Waals surface area contributed by atoms with Gasteiger partial charge in [0.25, 0.3) is 0 Å². The summed E-state index contributed by atoms with van der Waals surface area (Å²) in [6, 6.07) is 6.90. The van der Waals surface area contributed by atoms with Gasteiger partial charge in [-0.15, -0.1) is 0 Å². The van der Waals surface area contributed by atoms with Gasteiger partial charge in [0.2, 0.25) is 0 Å². The molecule has 1 aromatic rings. The lowest BCUT2D eigenvalue weighted by Gasteiger charge is -2.26. The number of rotatable bonds is 7. The van der Waals surface area contributed by atoms with E-state index in [4.69, 9.17) is 10.5 Å². The third-order valence-electron chi connectivity index (χ3n) is 3.62. The molecule has 1 heterocycles. The van der Waals surface area contributed by atoms with E-state index in [1.54, 1.807) is 0 Å². The van der Waals surface area contributed by atoms with Crippen molar-refractivity contribution in [3.63, 3.8) is 0 Å². The molecule has 2 amide bonds. The second-order valence-electron chi connectivity index (χ2n) is 5.38. The van der Waals surface area contributed by atoms with Crippen LogP contribution in [-0.2, 0) is 0 Å². The maximum atomic E-state index is 10.6. The van der Waals surface area contributed by atoms with Crippen LogP contribution in [0.2, 0.25) is 0 Å². The van der Waals surface area contributed by atoms with Crippen molar-refractivity contribution in [3.05, 3.63) is 29.8 Å². The highest BCUT2D eigenvalue weighted by Gasteiger charge is 2.09. The number of hydrogen-bond donors (Lipinski definition) is 2. The molecule has 0 atom stereocenters. The van der Waals surface area contributed by atoms with Gasteiger partial charge < -0.3 is 15.4 Å². The lowest BCUT2D eigenvalue weighted by Crippen LogP contribution is -2.31. The predicted octanol–water partition coefficient (Wildman–Crippen LogP) is 1.94. The summed E-state index contributed by atoms with van der Waals surface area (Å²) in [7, 11) is 0. The summed E-state index contributed by atoms with van der Waals surface area (Å²) in [5.74, 6) is 0.760. The van der Waals surface area contributed by atoms with Crippen molar-refractivity contribution in [2.24, 2.45) is 10.8 Å². The standard InChI is InChI=1S/C16H24N4O2/c17-16(21)19-18-13-14-7-2-3-8-15(14)22-12-6-11-20-9-4-1-5-10-20/h2-3,7-8,13H,1,4-6,9-12H2,(H3,17,19,21). The second kappa shape index (κ2) is 9.04. The number of ether oxygens (including phenoxy) is 1. The Morgan fingerprint density at radius 3 is 2.86 bits per heavy atom. The highest BCUT2D eigenvalue weighted by atomic mass is 16.5. The van der Waals surface area contributed by atoms with Crippen molar-refractivity contribution < 1.29 is 9.53 Å². The fraction of sp³-hybridized carbons (Fsp3) is 0.500. The molecule has 0 unspecified atom stereocenters. The number of nitrogens with zero attached hydrogens (tertiary/aromatic N) is 2. The highest BCUT2D eigenvalue weighted by Crippen LogP contribution is 2.16. The number of amides is 2. The fourth-order valence-corrected chi connectivity index (χ4v) is 2.54. The Morgan fingerprint density at radius 2 is 2.09 bits per heavy atom. The SMILES string of the molecule is NC(=O)NN=Cc1ccccc1OCCCN1CCCCC1. The van der Waals surface area contributed by atoms with E-state index in [0.29, 0.717) is 6.61 Å². The van der Waals surface area contributed by atoms with Gasteiger partial charge in [0.1, 0.15) is 5.75 Å². The number of piperidine rings is 1. The number of primary amides is 1. The molecule has 0 saturated carbocycles. The summed E-state index contributed by atoms with van der Waals surface area (Å²) in [6.45, 7) is 4.17. The van der Waals surface area contributed by atoms with E-state index in [-0.39, 0.29) is 0 Å². The molecule has 0 aliphatic carbocycles. The largest absolute Gasteiger partial charge is 0.493 e. The summed E-state index contributed by atoms with van der Waals surface area (Å²) in [5.41, 5.74) is 7.96. The van der Waals surface area contributed by atoms with E-state index in [9.17, 15) is 4.79 Å². The monoisotopic (exact) mass is 304 g/mol. The van der Waals surface area contributed by atoms with Crippen LogP contribution in [0, 0.1) is 0 Å². The molecule has 6 nitrogen and oxygen atoms in total. The third kappa shape index (κ3) is 5.73. The Kier molecular flexibility index (Phi) is 6.70. The smallest absolute Gasteiger partial charge is 0.332 e. The number of carbonyl (C=O) groups is 1. The quantitative estimate of drug-likeness (QED) is 0.459. The molecule has 0 bridgehead atoms. The number of likely N-dealkylation sites (tertiary alicyclic amines) is 1. The van der Waals surface area contributed by atoms with Crippen LogP contribution in [0.15, 0.2) is 29.4 Å². The van der Waals surface area contributed by atoms with Crippen LogP contribution in [0.5, 0.6) is 5.75 Å². The summed E-state index contributed by atoms with van der Waals surface area (Å²) >= 11 is 0. The van der Waals surface area contributed by atoms with E-state index in [1.807, 2.05) is 24.3 Å². The molecular formula is C16H24N4O2. The molecule has 1 saturated heterocycles. The van der Waals surface area contributed by atoms with Crippen LogP contribution in [0.1, 0.15) is 31.2 Å². The van der Waals surface area contributed by atoms with E-state index in [1.165, 1.54) is 38.6 Å². The van der Waals surface area contributed by atoms with E-state index in [0.717, 1.165) is 24.3 Å². The maximum Gasteiger partial charge on any atom is 0.332 e. The number of hydrazone groups is 1. The first-order valence-corrected chi connectivity index (χ1v) is 7.78. The minimum absolute atomic E-state index is 0.671. The lowest BCUT2D eigenvalue weighted by molar-refractivity contribution is 0.205. The molecule has 120 valence electrons. The molecule has 2 rings (SSSR count). The molecular weight excluding hydrogens is 280 g/mol. The summed E-state index contributed by atoms with van der Waals surface area (Å²) in [6.07, 6.45) is 6.52. The Hall–Kier alpha value is -2.08. The van der Waals surface area contributed by atoms with Crippen molar-refractivity contribution in [1.82, 2.24) is 10.3 Å². The number of hydrogen-bond acceptors (Lipinski definition) is 4. The molecule has 0 spiro atoms. The molecule has 1 fully saturated rings. The van der Waals surface area contributed by atoms with Gasteiger partial charge in [0.05, 0.1) is 12.8 Å². The zero-order chi connectivity index (χ0) is 15.6. The van der Waals surface area contributed by atoms with Crippen molar-refractivity contribution in [1.29, 1.82) is 0 Å². The Labute approximate surface area is 131 Å². The second-order valence-corrected chi connectivity index (χ2v) is 5.38. The minimum atomic E-state index is -0.684. The molecule has 6 heteroatoms. The van der Waals surface area contributed by atoms with Crippen LogP contribution in [0.3, 0.4) is 0 Å². The Morgan fingerprint density at radius 1 is 1.32 bits per heavy atom. The van der Waals surface area contributed by atoms with Crippen LogP contribution in [0.25, 0.3) is 0 Å². The first-order chi connectivity index (χ1) is 10.8. The average molecular weight is 304 g/mol. The average Bonchev–Trinajstić information content (AvgIpc) is 2.53. The van der Waals surface area contributed by atoms with Gasteiger partial charge in [-0.2, -0.15) is 5.10 Å². The van der Waals surface area contributed by atoms with E-state index >= 15 is 0 Å². The summed E-state index contributed by atoms with van der Waals surface area (Å²) in [5, 5.41) is 3.77. The number of nitrogens with one attached hydrogen (secondary N) is 1. The van der Waals surface area contributed by atoms with Gasteiger partial charge in [-0.25, -0.2) is 10.2 Å². The molecule has 3 N–H and O–H groups in total. The lowest BCUT2D eigenvalue weighted by atomic mass is 10.1. The number of para-hydroxylation sites is 1. The number of benzene rings is 1. The minimum Gasteiger partial charge on any atom is -0.493 e. The molecule has 1 aromatic carbocycles. The molecule has 0 aromatic heterocycles. The van der Waals surface area contributed by atoms with Gasteiger partial charge in [-0.1, -0.05) is 18.6 Å². The van der Waals surface area contributed by atoms with Gasteiger partial charge in [0, 0.05) is 12.1 Å². The van der Waals surface area contributed by atoms with Crippen molar-refractivity contribution >= 4 is 12.2 Å². The van der Waals surface area contributed by atoms with Crippen molar-refractivity contribution in [2.45, 2.75) is 25.7 Å². The van der Waals surface area contributed by atoms with Crippen LogP contribution >= 0.6 is 0 Å². The molecule has 1 aliphatic rings. The number of nitrogens with two attached hydrogens (primary N) is 1. The highest BCUT2D eigenvalue weighted by molar-refractivity contribution is 5.84. The zero-order valence-corrected chi connectivity index (χ0v) is 12.8. The fourth-order valence-electron chi connectivity index (χ4n) is 2.54. The van der Waals surface area contributed by atoms with Crippen molar-refractivity contribution in [2.75, 3.05) is 26.2 Å². The van der Waals surface area contributed by atoms with Gasteiger partial charge in [-0.05, 0) is 44.5 Å². The summed E-state index contributed by atoms with van der Waals surface area (Å²) in [4.78, 5) is 13.1. The van der Waals surface area contributed by atoms with Gasteiger partial charge >= 0.3 is 6.03 Å². The van der Waals surface area contributed by atoms with Crippen LogP contribution in [-0.4, -0.2) is 43.4 Å². The molecule has 1 aliphatic heterocycles. The first-order valence-electron chi connectivity index (χ1n) is 7.78. The van der Waals surface area contributed by atoms with E-state index < -0.39 is 6.03 Å². The van der Waals surface area contributed by atoms with Crippen LogP contribution < -0.4 is 15.9 Å². The Bertz CT molecular complexity index is 499. The molecule has 22 heavy (non-hydrogen) atoms. The normalized spacial score (nSPS) is 15.8. The van der Waals surface area contributed by atoms with Crippen LogP contribution in [0.4, 0.5) is 4.79 Å². The Balaban J connectivity index is 1.76. The number of carbonyl (C=O) groups excluding carboxylic acids is 1. The van der Waals surface area contributed by atoms with Crippen molar-refractivity contribution in [3.8, 4) is 5.75 Å². The summed E-state index contributed by atoms with van der Waals surface area (Å²) < 4.78 is 5.82. The number of urea groups is 1. The van der Waals surface area contributed by atoms with E-state index in [2.05, 4.69) is 15.4 Å². The van der Waals surface area contributed by atoms with Gasteiger partial charge in [0.15, 0.2) is 0 Å². The van der Waals surface area contributed by atoms with Gasteiger partial charge in [-0.3, -0.25) is 0 Å².